The van der Waals surface area contributed by atoms with Crippen molar-refractivity contribution in [1.29, 1.82) is 0 Å². The van der Waals surface area contributed by atoms with Gasteiger partial charge in [-0.15, -0.1) is 11.3 Å². The molecule has 0 aromatic carbocycles. The van der Waals surface area contributed by atoms with Gasteiger partial charge >= 0.3 is 0 Å². The number of nitrogens with two attached hydrogens (primary N) is 1. The summed E-state index contributed by atoms with van der Waals surface area (Å²) >= 11 is 1.68. The molecule has 0 fully saturated rings. The highest BCUT2D eigenvalue weighted by molar-refractivity contribution is 7.11. The third kappa shape index (κ3) is 3.17. The van der Waals surface area contributed by atoms with Gasteiger partial charge in [-0.2, -0.15) is 5.10 Å². The van der Waals surface area contributed by atoms with Crippen LogP contribution in [0, 0.1) is 13.8 Å². The monoisotopic (exact) mass is 280 g/mol. The summed E-state index contributed by atoms with van der Waals surface area (Å²) in [5.41, 5.74) is 3.90. The van der Waals surface area contributed by atoms with Crippen molar-refractivity contribution in [2.45, 2.75) is 46.2 Å². The largest absolute Gasteiger partial charge is 0.271 e. The molecule has 0 spiro atoms. The van der Waals surface area contributed by atoms with E-state index in [0.29, 0.717) is 0 Å². The van der Waals surface area contributed by atoms with E-state index in [-0.39, 0.29) is 6.04 Å². The molecule has 0 amide bonds. The van der Waals surface area contributed by atoms with Crippen LogP contribution >= 0.6 is 11.3 Å². The molecular weight excluding hydrogens is 260 g/mol. The highest BCUT2D eigenvalue weighted by Gasteiger charge is 2.19. The summed E-state index contributed by atoms with van der Waals surface area (Å²) < 4.78 is 1.94. The van der Waals surface area contributed by atoms with E-state index < -0.39 is 0 Å². The van der Waals surface area contributed by atoms with Crippen molar-refractivity contribution in [1.82, 2.24) is 25.2 Å². The minimum absolute atomic E-state index is 0.0333. The molecule has 0 saturated carbocycles. The minimum atomic E-state index is 0.0333. The molecule has 6 nitrogen and oxygen atoms in total. The molecule has 104 valence electrons. The molecule has 2 heterocycles. The number of nitrogens with one attached hydrogen (secondary N) is 1. The van der Waals surface area contributed by atoms with E-state index in [2.05, 4.69) is 27.4 Å². The molecule has 0 aliphatic carbocycles. The molecule has 19 heavy (non-hydrogen) atoms. The zero-order valence-corrected chi connectivity index (χ0v) is 12.4. The highest BCUT2D eigenvalue weighted by Crippen LogP contribution is 2.26. The van der Waals surface area contributed by atoms with Gasteiger partial charge in [0.05, 0.1) is 16.7 Å². The second-order valence-electron chi connectivity index (χ2n) is 4.51. The van der Waals surface area contributed by atoms with Crippen molar-refractivity contribution < 1.29 is 0 Å². The van der Waals surface area contributed by atoms with Crippen LogP contribution < -0.4 is 11.3 Å². The summed E-state index contributed by atoms with van der Waals surface area (Å²) in [6.45, 7) is 7.03. The van der Waals surface area contributed by atoms with Gasteiger partial charge in [-0.05, 0) is 20.3 Å². The standard InChI is InChI=1S/C12H20N6S/c1-4-5-18-11(14-7-15-18)6-10(17-13)12-8(2)16-9(3)19-12/h7,10,17H,4-6,13H2,1-3H3. The van der Waals surface area contributed by atoms with Crippen LogP contribution in [0.15, 0.2) is 6.33 Å². The molecule has 2 aromatic rings. The van der Waals surface area contributed by atoms with E-state index in [1.54, 1.807) is 17.7 Å². The number of nitrogens with zero attached hydrogens (tertiary/aromatic N) is 4. The molecule has 0 aliphatic rings. The molecule has 2 aromatic heterocycles. The van der Waals surface area contributed by atoms with Crippen molar-refractivity contribution in [3.63, 3.8) is 0 Å². The van der Waals surface area contributed by atoms with Gasteiger partial charge in [0.15, 0.2) is 0 Å². The van der Waals surface area contributed by atoms with Gasteiger partial charge in [-0.25, -0.2) is 9.97 Å². The first-order chi connectivity index (χ1) is 9.15. The summed E-state index contributed by atoms with van der Waals surface area (Å²) in [5, 5.41) is 5.30. The predicted molar refractivity (Wildman–Crippen MR) is 75.7 cm³/mol. The summed E-state index contributed by atoms with van der Waals surface area (Å²) in [5.74, 6) is 6.65. The number of hydrazine groups is 1. The average molecular weight is 280 g/mol. The van der Waals surface area contributed by atoms with Crippen LogP contribution in [0.2, 0.25) is 0 Å². The highest BCUT2D eigenvalue weighted by atomic mass is 32.1. The zero-order valence-electron chi connectivity index (χ0n) is 11.6. The van der Waals surface area contributed by atoms with Crippen molar-refractivity contribution in [2.75, 3.05) is 0 Å². The third-order valence-electron chi connectivity index (χ3n) is 2.97. The Kier molecular flexibility index (Phi) is 4.62. The Hall–Kier alpha value is -1.31. The lowest BCUT2D eigenvalue weighted by Crippen LogP contribution is -2.30. The molecule has 3 N–H and O–H groups in total. The Balaban J connectivity index is 2.19. The maximum absolute atomic E-state index is 5.70. The van der Waals surface area contributed by atoms with Crippen LogP contribution in [0.25, 0.3) is 0 Å². The van der Waals surface area contributed by atoms with E-state index in [0.717, 1.165) is 35.9 Å². The Labute approximate surface area is 117 Å². The van der Waals surface area contributed by atoms with Crippen LogP contribution in [0.3, 0.4) is 0 Å². The van der Waals surface area contributed by atoms with Crippen LogP contribution in [0.5, 0.6) is 0 Å². The van der Waals surface area contributed by atoms with Gasteiger partial charge in [0.25, 0.3) is 0 Å². The van der Waals surface area contributed by atoms with Gasteiger partial charge in [0.2, 0.25) is 0 Å². The van der Waals surface area contributed by atoms with Crippen LogP contribution in [-0.2, 0) is 13.0 Å². The lowest BCUT2D eigenvalue weighted by molar-refractivity contribution is 0.502. The molecule has 7 heteroatoms. The lowest BCUT2D eigenvalue weighted by Gasteiger charge is -2.14. The summed E-state index contributed by atoms with van der Waals surface area (Å²) in [6, 6.07) is 0.0333. The van der Waals surface area contributed by atoms with Crippen molar-refractivity contribution in [3.8, 4) is 0 Å². The number of hydrogen-bond acceptors (Lipinski definition) is 6. The Morgan fingerprint density at radius 1 is 1.47 bits per heavy atom. The second-order valence-corrected chi connectivity index (χ2v) is 5.74. The fourth-order valence-corrected chi connectivity index (χ4v) is 3.11. The Bertz CT molecular complexity index is 532. The smallest absolute Gasteiger partial charge is 0.138 e. The third-order valence-corrected chi connectivity index (χ3v) is 4.16. The summed E-state index contributed by atoms with van der Waals surface area (Å²) in [6.07, 6.45) is 3.36. The molecule has 0 radical (unpaired) electrons. The van der Waals surface area contributed by atoms with E-state index in [1.807, 2.05) is 18.5 Å². The van der Waals surface area contributed by atoms with Crippen molar-refractivity contribution in [3.05, 3.63) is 27.7 Å². The Morgan fingerprint density at radius 3 is 2.84 bits per heavy atom. The van der Waals surface area contributed by atoms with E-state index in [1.165, 1.54) is 4.88 Å². The summed E-state index contributed by atoms with van der Waals surface area (Å²) in [7, 11) is 0. The molecular formula is C12H20N6S. The Morgan fingerprint density at radius 2 is 2.26 bits per heavy atom. The van der Waals surface area contributed by atoms with Crippen molar-refractivity contribution >= 4 is 11.3 Å². The van der Waals surface area contributed by atoms with Crippen LogP contribution in [0.4, 0.5) is 0 Å². The normalized spacial score (nSPS) is 12.8. The zero-order chi connectivity index (χ0) is 13.8. The fourth-order valence-electron chi connectivity index (χ4n) is 2.12. The van der Waals surface area contributed by atoms with Gasteiger partial charge in [-0.1, -0.05) is 6.92 Å². The minimum Gasteiger partial charge on any atom is -0.271 e. The first kappa shape index (κ1) is 14.1. The molecule has 0 aliphatic heterocycles. The van der Waals surface area contributed by atoms with Gasteiger partial charge < -0.3 is 0 Å². The maximum atomic E-state index is 5.70. The topological polar surface area (TPSA) is 81.7 Å². The van der Waals surface area contributed by atoms with Crippen LogP contribution in [0.1, 0.15) is 40.8 Å². The molecule has 0 bridgehead atoms. The molecule has 1 unspecified atom stereocenters. The fraction of sp³-hybridized carbons (Fsp3) is 0.583. The molecule has 0 saturated heterocycles. The molecule has 1 atom stereocenters. The second kappa shape index (κ2) is 6.23. The van der Waals surface area contributed by atoms with Gasteiger partial charge in [0, 0.05) is 17.8 Å². The number of thiazole rings is 1. The number of rotatable bonds is 6. The van der Waals surface area contributed by atoms with Gasteiger partial charge in [-0.3, -0.25) is 16.0 Å². The quantitative estimate of drug-likeness (QED) is 0.619. The maximum Gasteiger partial charge on any atom is 0.138 e. The van der Waals surface area contributed by atoms with E-state index in [9.17, 15) is 0 Å². The number of aryl methyl sites for hydroxylation is 3. The lowest BCUT2D eigenvalue weighted by atomic mass is 10.1. The van der Waals surface area contributed by atoms with Gasteiger partial charge in [0.1, 0.15) is 12.2 Å². The van der Waals surface area contributed by atoms with Crippen LogP contribution in [-0.4, -0.2) is 19.7 Å². The number of aromatic nitrogens is 4. The van der Waals surface area contributed by atoms with E-state index in [4.69, 9.17) is 5.84 Å². The van der Waals surface area contributed by atoms with Crippen molar-refractivity contribution in [2.24, 2.45) is 5.84 Å². The SMILES string of the molecule is CCCn1ncnc1CC(NN)c1sc(C)nc1C. The van der Waals surface area contributed by atoms with E-state index >= 15 is 0 Å². The first-order valence-electron chi connectivity index (χ1n) is 6.42. The molecule has 2 rings (SSSR count). The first-order valence-corrected chi connectivity index (χ1v) is 7.24. The average Bonchev–Trinajstić information content (AvgIpc) is 2.94. The predicted octanol–water partition coefficient (Wildman–Crippen LogP) is 1.51. The summed E-state index contributed by atoms with van der Waals surface area (Å²) in [4.78, 5) is 9.95. The number of hydrogen-bond donors (Lipinski definition) is 2.